The van der Waals surface area contributed by atoms with Crippen molar-refractivity contribution in [2.45, 2.75) is 45.5 Å². The van der Waals surface area contributed by atoms with E-state index in [1.54, 1.807) is 23.1 Å². The number of carbonyl (C=O) groups excluding carboxylic acids is 2. The second-order valence-electron chi connectivity index (χ2n) is 9.38. The largest absolute Gasteiger partial charge is 0.354 e. The molecule has 0 heterocycles. The molecule has 0 spiro atoms. The molecule has 0 aliphatic carbocycles. The number of hydrogen-bond acceptors (Lipinski definition) is 3. The highest BCUT2D eigenvalue weighted by molar-refractivity contribution is 7.99. The Morgan fingerprint density at radius 3 is 2.22 bits per heavy atom. The van der Waals surface area contributed by atoms with Gasteiger partial charge >= 0.3 is 0 Å². The summed E-state index contributed by atoms with van der Waals surface area (Å²) in [6, 6.07) is 23.6. The third kappa shape index (κ3) is 8.23. The second kappa shape index (κ2) is 13.8. The number of nitrogens with one attached hydrogen (secondary N) is 1. The van der Waals surface area contributed by atoms with Gasteiger partial charge in [0.2, 0.25) is 11.8 Å². The van der Waals surface area contributed by atoms with E-state index in [0.29, 0.717) is 36.7 Å². The molecule has 0 saturated heterocycles. The van der Waals surface area contributed by atoms with Gasteiger partial charge in [0.15, 0.2) is 0 Å². The van der Waals surface area contributed by atoms with Crippen LogP contribution in [0.3, 0.4) is 0 Å². The van der Waals surface area contributed by atoms with E-state index in [0.717, 1.165) is 16.7 Å². The highest BCUT2D eigenvalue weighted by Gasteiger charge is 2.30. The van der Waals surface area contributed by atoms with E-state index in [-0.39, 0.29) is 23.4 Å². The molecular weight excluding hydrogens is 471 g/mol. The molecule has 3 rings (SSSR count). The molecule has 0 saturated carbocycles. The SMILES string of the molecule is Cc1ccccc1CN(C(=O)CSCc1ccccc1F)C(Cc1ccccc1)C(=O)NCC(C)C. The summed E-state index contributed by atoms with van der Waals surface area (Å²) in [5, 5.41) is 3.04. The van der Waals surface area contributed by atoms with Crippen molar-refractivity contribution in [2.75, 3.05) is 12.3 Å². The van der Waals surface area contributed by atoms with Crippen LogP contribution in [0.5, 0.6) is 0 Å². The van der Waals surface area contributed by atoms with Crippen LogP contribution in [0.4, 0.5) is 4.39 Å². The van der Waals surface area contributed by atoms with E-state index in [1.807, 2.05) is 75.4 Å². The smallest absolute Gasteiger partial charge is 0.243 e. The van der Waals surface area contributed by atoms with Gasteiger partial charge in [-0.1, -0.05) is 86.6 Å². The number of thioether (sulfide) groups is 1. The standard InChI is InChI=1S/C30H35FN2O2S/c1-22(2)18-32-30(35)28(17-24-12-5-4-6-13-24)33(19-25-14-8-7-11-23(25)3)29(34)21-36-20-26-15-9-10-16-27(26)31/h4-16,22,28H,17-21H2,1-3H3,(H,32,35). The van der Waals surface area contributed by atoms with Crippen LogP contribution in [-0.4, -0.2) is 35.1 Å². The molecule has 4 nitrogen and oxygen atoms in total. The predicted octanol–water partition coefficient (Wildman–Crippen LogP) is 5.78. The molecular formula is C30H35FN2O2S. The highest BCUT2D eigenvalue weighted by Crippen LogP contribution is 2.20. The summed E-state index contributed by atoms with van der Waals surface area (Å²) in [5.74, 6) is 0.267. The van der Waals surface area contributed by atoms with Crippen LogP contribution in [0.25, 0.3) is 0 Å². The molecule has 0 aliphatic rings. The molecule has 2 amide bonds. The van der Waals surface area contributed by atoms with Crippen LogP contribution >= 0.6 is 11.8 Å². The van der Waals surface area contributed by atoms with Crippen molar-refractivity contribution in [2.24, 2.45) is 5.92 Å². The first-order chi connectivity index (χ1) is 17.3. The fourth-order valence-electron chi connectivity index (χ4n) is 3.89. The van der Waals surface area contributed by atoms with E-state index in [4.69, 9.17) is 0 Å². The molecule has 36 heavy (non-hydrogen) atoms. The number of amides is 2. The van der Waals surface area contributed by atoms with Crippen molar-refractivity contribution >= 4 is 23.6 Å². The van der Waals surface area contributed by atoms with Crippen LogP contribution < -0.4 is 5.32 Å². The quantitative estimate of drug-likeness (QED) is 0.339. The monoisotopic (exact) mass is 506 g/mol. The van der Waals surface area contributed by atoms with Gasteiger partial charge < -0.3 is 10.2 Å². The number of carbonyl (C=O) groups is 2. The highest BCUT2D eigenvalue weighted by atomic mass is 32.2. The zero-order chi connectivity index (χ0) is 25.9. The summed E-state index contributed by atoms with van der Waals surface area (Å²) < 4.78 is 14.1. The summed E-state index contributed by atoms with van der Waals surface area (Å²) >= 11 is 1.36. The number of rotatable bonds is 12. The number of nitrogens with zero attached hydrogens (tertiary/aromatic N) is 1. The van der Waals surface area contributed by atoms with E-state index in [2.05, 4.69) is 5.32 Å². The minimum atomic E-state index is -0.660. The van der Waals surface area contributed by atoms with Gasteiger partial charge in [-0.15, -0.1) is 11.8 Å². The maximum absolute atomic E-state index is 14.1. The first-order valence-electron chi connectivity index (χ1n) is 12.3. The zero-order valence-corrected chi connectivity index (χ0v) is 22.1. The number of benzene rings is 3. The maximum Gasteiger partial charge on any atom is 0.243 e. The molecule has 0 fully saturated rings. The van der Waals surface area contributed by atoms with Gasteiger partial charge in [-0.3, -0.25) is 9.59 Å². The molecule has 0 aliphatic heterocycles. The normalized spacial score (nSPS) is 11.8. The molecule has 190 valence electrons. The first-order valence-corrected chi connectivity index (χ1v) is 13.5. The summed E-state index contributed by atoms with van der Waals surface area (Å²) in [5.41, 5.74) is 3.62. The van der Waals surface area contributed by atoms with Crippen molar-refractivity contribution in [1.82, 2.24) is 10.2 Å². The average molecular weight is 507 g/mol. The summed E-state index contributed by atoms with van der Waals surface area (Å²) in [6.07, 6.45) is 0.417. The van der Waals surface area contributed by atoms with Crippen LogP contribution in [0.15, 0.2) is 78.9 Å². The van der Waals surface area contributed by atoms with Gasteiger partial charge in [0.05, 0.1) is 5.75 Å². The number of hydrogen-bond donors (Lipinski definition) is 1. The fraction of sp³-hybridized carbons (Fsp3) is 0.333. The maximum atomic E-state index is 14.1. The molecule has 1 N–H and O–H groups in total. The van der Waals surface area contributed by atoms with Crippen LogP contribution in [0.2, 0.25) is 0 Å². The van der Waals surface area contributed by atoms with Crippen molar-refractivity contribution in [3.05, 3.63) is 107 Å². The lowest BCUT2D eigenvalue weighted by molar-refractivity contribution is -0.139. The molecule has 0 bridgehead atoms. The summed E-state index contributed by atoms with van der Waals surface area (Å²) in [4.78, 5) is 28.8. The fourth-order valence-corrected chi connectivity index (χ4v) is 4.79. The van der Waals surface area contributed by atoms with Crippen molar-refractivity contribution in [3.8, 4) is 0 Å². The Balaban J connectivity index is 1.86. The Morgan fingerprint density at radius 1 is 0.917 bits per heavy atom. The Kier molecular flexibility index (Phi) is 10.6. The summed E-state index contributed by atoms with van der Waals surface area (Å²) in [6.45, 7) is 6.97. The summed E-state index contributed by atoms with van der Waals surface area (Å²) in [7, 11) is 0. The van der Waals surface area contributed by atoms with Gasteiger partial charge in [0, 0.05) is 25.3 Å². The Hall–Kier alpha value is -3.12. The Bertz CT molecular complexity index is 1140. The van der Waals surface area contributed by atoms with Gasteiger partial charge in [-0.05, 0) is 41.2 Å². The van der Waals surface area contributed by atoms with Crippen molar-refractivity contribution in [1.29, 1.82) is 0 Å². The Morgan fingerprint density at radius 2 is 1.56 bits per heavy atom. The van der Waals surface area contributed by atoms with Gasteiger partial charge in [0.1, 0.15) is 11.9 Å². The molecule has 0 aromatic heterocycles. The average Bonchev–Trinajstić information content (AvgIpc) is 2.87. The molecule has 3 aromatic rings. The van der Waals surface area contributed by atoms with Crippen molar-refractivity contribution in [3.63, 3.8) is 0 Å². The second-order valence-corrected chi connectivity index (χ2v) is 10.4. The number of aryl methyl sites for hydroxylation is 1. The lowest BCUT2D eigenvalue weighted by atomic mass is 10.0. The topological polar surface area (TPSA) is 49.4 Å². The lowest BCUT2D eigenvalue weighted by Crippen LogP contribution is -2.51. The van der Waals surface area contributed by atoms with Gasteiger partial charge in [-0.2, -0.15) is 0 Å². The van der Waals surface area contributed by atoms with Gasteiger partial charge in [0.25, 0.3) is 0 Å². The van der Waals surface area contributed by atoms with Crippen LogP contribution in [0, 0.1) is 18.7 Å². The van der Waals surface area contributed by atoms with E-state index in [1.165, 1.54) is 17.8 Å². The van der Waals surface area contributed by atoms with E-state index in [9.17, 15) is 14.0 Å². The first kappa shape index (κ1) is 27.5. The zero-order valence-electron chi connectivity index (χ0n) is 21.2. The molecule has 1 atom stereocenters. The third-order valence-corrected chi connectivity index (χ3v) is 6.96. The molecule has 0 radical (unpaired) electrons. The predicted molar refractivity (Wildman–Crippen MR) is 146 cm³/mol. The molecule has 6 heteroatoms. The molecule has 3 aromatic carbocycles. The lowest BCUT2D eigenvalue weighted by Gasteiger charge is -2.32. The van der Waals surface area contributed by atoms with Crippen LogP contribution in [0.1, 0.15) is 36.1 Å². The number of halogens is 1. The Labute approximate surface area is 218 Å². The minimum Gasteiger partial charge on any atom is -0.354 e. The third-order valence-electron chi connectivity index (χ3n) is 6.00. The van der Waals surface area contributed by atoms with Crippen molar-refractivity contribution < 1.29 is 14.0 Å². The van der Waals surface area contributed by atoms with E-state index >= 15 is 0 Å². The molecule has 1 unspecified atom stereocenters. The van der Waals surface area contributed by atoms with Gasteiger partial charge in [-0.25, -0.2) is 4.39 Å². The van der Waals surface area contributed by atoms with Crippen LogP contribution in [-0.2, 0) is 28.3 Å². The van der Waals surface area contributed by atoms with E-state index < -0.39 is 6.04 Å². The minimum absolute atomic E-state index is 0.139.